The van der Waals surface area contributed by atoms with Gasteiger partial charge in [-0.05, 0) is 6.07 Å². The molecule has 0 unspecified atom stereocenters. The molecule has 1 saturated heterocycles. The molecule has 2 rings (SSSR count). The predicted molar refractivity (Wildman–Crippen MR) is 61.7 cm³/mol. The molecule has 0 bridgehead atoms. The lowest BCUT2D eigenvalue weighted by Crippen LogP contribution is -2.47. The number of nitriles is 1. The van der Waals surface area contributed by atoms with Gasteiger partial charge in [0.25, 0.3) is 0 Å². The Morgan fingerprint density at radius 1 is 1.53 bits per heavy atom. The highest BCUT2D eigenvalue weighted by molar-refractivity contribution is 5.34. The summed E-state index contributed by atoms with van der Waals surface area (Å²) in [5.74, 6) is -0.419. The first kappa shape index (κ1) is 12.0. The molecule has 90 valence electrons. The first-order valence-corrected chi connectivity index (χ1v) is 5.61. The number of halogens is 1. The third-order valence-electron chi connectivity index (χ3n) is 2.97. The van der Waals surface area contributed by atoms with Crippen molar-refractivity contribution in [2.45, 2.75) is 13.5 Å². The minimum absolute atomic E-state index is 0.0995. The summed E-state index contributed by atoms with van der Waals surface area (Å²) in [6, 6.07) is 6.73. The topological polar surface area (TPSA) is 45.0 Å². The summed E-state index contributed by atoms with van der Waals surface area (Å²) in [5, 5.41) is 11.9. The van der Waals surface area contributed by atoms with Crippen LogP contribution in [0.1, 0.15) is 18.1 Å². The molecular formula is C13H15FN2O. The summed E-state index contributed by atoms with van der Waals surface area (Å²) in [4.78, 5) is 0. The number of benzene rings is 1. The van der Waals surface area contributed by atoms with Gasteiger partial charge >= 0.3 is 0 Å². The van der Waals surface area contributed by atoms with E-state index in [-0.39, 0.29) is 11.0 Å². The van der Waals surface area contributed by atoms with Gasteiger partial charge in [-0.3, -0.25) is 0 Å². The van der Waals surface area contributed by atoms with Crippen molar-refractivity contribution in [3.05, 3.63) is 35.1 Å². The molecule has 17 heavy (non-hydrogen) atoms. The molecule has 1 aliphatic heterocycles. The van der Waals surface area contributed by atoms with Crippen molar-refractivity contribution < 1.29 is 9.13 Å². The van der Waals surface area contributed by atoms with Gasteiger partial charge in [0.05, 0.1) is 18.8 Å². The fraction of sp³-hybridized carbons (Fsp3) is 0.462. The largest absolute Gasteiger partial charge is 0.380 e. The molecule has 1 N–H and O–H groups in total. The van der Waals surface area contributed by atoms with Crippen molar-refractivity contribution in [2.75, 3.05) is 19.8 Å². The molecule has 0 amide bonds. The van der Waals surface area contributed by atoms with Crippen LogP contribution in [0.4, 0.5) is 4.39 Å². The molecule has 1 heterocycles. The summed E-state index contributed by atoms with van der Waals surface area (Å²) in [7, 11) is 0. The molecule has 1 aromatic rings. The van der Waals surface area contributed by atoms with Crippen LogP contribution in [0.2, 0.25) is 0 Å². The van der Waals surface area contributed by atoms with Crippen molar-refractivity contribution in [3.8, 4) is 6.07 Å². The van der Waals surface area contributed by atoms with E-state index in [1.807, 2.05) is 6.07 Å². The van der Waals surface area contributed by atoms with Crippen LogP contribution in [0.5, 0.6) is 0 Å². The average Bonchev–Trinajstić information content (AvgIpc) is 2.29. The molecule has 1 aromatic carbocycles. The zero-order valence-electron chi connectivity index (χ0n) is 9.79. The van der Waals surface area contributed by atoms with Gasteiger partial charge in [-0.25, -0.2) is 4.39 Å². The lowest BCUT2D eigenvalue weighted by molar-refractivity contribution is -0.0991. The second-order valence-corrected chi connectivity index (χ2v) is 4.80. The highest BCUT2D eigenvalue weighted by Crippen LogP contribution is 2.25. The minimum Gasteiger partial charge on any atom is -0.380 e. The van der Waals surface area contributed by atoms with E-state index in [0.717, 1.165) is 19.8 Å². The molecule has 1 fully saturated rings. The van der Waals surface area contributed by atoms with Crippen LogP contribution >= 0.6 is 0 Å². The van der Waals surface area contributed by atoms with E-state index in [0.29, 0.717) is 12.1 Å². The Balaban J connectivity index is 1.93. The van der Waals surface area contributed by atoms with Gasteiger partial charge in [-0.1, -0.05) is 19.1 Å². The average molecular weight is 234 g/mol. The maximum Gasteiger partial charge on any atom is 0.145 e. The van der Waals surface area contributed by atoms with Crippen LogP contribution in [0.25, 0.3) is 0 Å². The van der Waals surface area contributed by atoms with Gasteiger partial charge in [0.1, 0.15) is 11.9 Å². The summed E-state index contributed by atoms with van der Waals surface area (Å²) in [5.41, 5.74) is 0.805. The van der Waals surface area contributed by atoms with Crippen LogP contribution in [-0.2, 0) is 11.3 Å². The Bertz CT molecular complexity index is 449. The molecule has 4 heteroatoms. The molecular weight excluding hydrogens is 219 g/mol. The number of rotatable bonds is 4. The Morgan fingerprint density at radius 2 is 2.29 bits per heavy atom. The lowest BCUT2D eigenvalue weighted by atomic mass is 9.89. The highest BCUT2D eigenvalue weighted by atomic mass is 19.1. The van der Waals surface area contributed by atoms with Crippen LogP contribution in [0, 0.1) is 22.6 Å². The Kier molecular flexibility index (Phi) is 3.41. The van der Waals surface area contributed by atoms with Gasteiger partial charge in [-0.2, -0.15) is 5.26 Å². The molecule has 3 nitrogen and oxygen atoms in total. The SMILES string of the molecule is CC1(CNCc2cccc(C#N)c2F)COC1. The third-order valence-corrected chi connectivity index (χ3v) is 2.97. The zero-order chi connectivity index (χ0) is 12.3. The van der Waals surface area contributed by atoms with Crippen molar-refractivity contribution in [1.82, 2.24) is 5.32 Å². The van der Waals surface area contributed by atoms with Gasteiger partial charge in [0.2, 0.25) is 0 Å². The van der Waals surface area contributed by atoms with Crippen LogP contribution < -0.4 is 5.32 Å². The van der Waals surface area contributed by atoms with E-state index in [1.54, 1.807) is 12.1 Å². The summed E-state index contributed by atoms with van der Waals surface area (Å²) in [6.07, 6.45) is 0. The summed E-state index contributed by atoms with van der Waals surface area (Å²) >= 11 is 0. The second-order valence-electron chi connectivity index (χ2n) is 4.80. The number of hydrogen-bond acceptors (Lipinski definition) is 3. The first-order chi connectivity index (χ1) is 8.14. The summed E-state index contributed by atoms with van der Waals surface area (Å²) < 4.78 is 18.8. The van der Waals surface area contributed by atoms with E-state index < -0.39 is 5.82 Å². The van der Waals surface area contributed by atoms with Crippen molar-refractivity contribution in [2.24, 2.45) is 5.41 Å². The quantitative estimate of drug-likeness (QED) is 0.864. The van der Waals surface area contributed by atoms with Gasteiger partial charge in [-0.15, -0.1) is 0 Å². The van der Waals surface area contributed by atoms with E-state index in [4.69, 9.17) is 10.00 Å². The minimum atomic E-state index is -0.419. The maximum atomic E-state index is 13.7. The number of ether oxygens (including phenoxy) is 1. The van der Waals surface area contributed by atoms with Crippen molar-refractivity contribution in [3.63, 3.8) is 0 Å². The van der Waals surface area contributed by atoms with Crippen molar-refractivity contribution in [1.29, 1.82) is 5.26 Å². The van der Waals surface area contributed by atoms with Crippen LogP contribution in [-0.4, -0.2) is 19.8 Å². The van der Waals surface area contributed by atoms with Gasteiger partial charge < -0.3 is 10.1 Å². The highest BCUT2D eigenvalue weighted by Gasteiger charge is 2.32. The van der Waals surface area contributed by atoms with E-state index >= 15 is 0 Å². The fourth-order valence-electron chi connectivity index (χ4n) is 1.85. The van der Waals surface area contributed by atoms with Crippen LogP contribution in [0.15, 0.2) is 18.2 Å². The molecule has 0 atom stereocenters. The predicted octanol–water partition coefficient (Wildman–Crippen LogP) is 1.82. The molecule has 0 radical (unpaired) electrons. The maximum absolute atomic E-state index is 13.7. The molecule has 0 aliphatic carbocycles. The van der Waals surface area contributed by atoms with Crippen molar-refractivity contribution >= 4 is 0 Å². The first-order valence-electron chi connectivity index (χ1n) is 5.61. The number of nitrogens with one attached hydrogen (secondary N) is 1. The fourth-order valence-corrected chi connectivity index (χ4v) is 1.85. The zero-order valence-corrected chi connectivity index (χ0v) is 9.79. The third kappa shape index (κ3) is 2.63. The van der Waals surface area contributed by atoms with Gasteiger partial charge in [0, 0.05) is 24.1 Å². The van der Waals surface area contributed by atoms with Gasteiger partial charge in [0.15, 0.2) is 0 Å². The Labute approximate surface area is 100 Å². The molecule has 0 aromatic heterocycles. The van der Waals surface area contributed by atoms with E-state index in [9.17, 15) is 4.39 Å². The van der Waals surface area contributed by atoms with E-state index in [2.05, 4.69) is 12.2 Å². The number of hydrogen-bond donors (Lipinski definition) is 1. The monoisotopic (exact) mass is 234 g/mol. The molecule has 0 saturated carbocycles. The lowest BCUT2D eigenvalue weighted by Gasteiger charge is -2.38. The Morgan fingerprint density at radius 3 is 2.88 bits per heavy atom. The Hall–Kier alpha value is -1.44. The molecule has 0 spiro atoms. The second kappa shape index (κ2) is 4.82. The van der Waals surface area contributed by atoms with Crippen LogP contribution in [0.3, 0.4) is 0 Å². The smallest absolute Gasteiger partial charge is 0.145 e. The summed E-state index contributed by atoms with van der Waals surface area (Å²) in [6.45, 7) is 4.87. The number of nitrogens with zero attached hydrogens (tertiary/aromatic N) is 1. The standard InChI is InChI=1S/C13H15FN2O/c1-13(8-17-9-13)7-16-6-11-4-2-3-10(5-15)12(11)14/h2-4,16H,6-9H2,1H3. The molecule has 1 aliphatic rings. The normalized spacial score (nSPS) is 17.2. The van der Waals surface area contributed by atoms with E-state index in [1.165, 1.54) is 6.07 Å².